The van der Waals surface area contributed by atoms with E-state index in [4.69, 9.17) is 9.47 Å². The maximum absolute atomic E-state index is 12.9. The molecule has 1 atom stereocenters. The molecule has 28 heavy (non-hydrogen) atoms. The number of carbonyl (C=O) groups excluding carboxylic acids is 2. The summed E-state index contributed by atoms with van der Waals surface area (Å²) >= 11 is 0. The molecular formula is C20H25N2O6-. The number of esters is 2. The summed E-state index contributed by atoms with van der Waals surface area (Å²) in [6, 6.07) is 6.20. The molecule has 0 saturated heterocycles. The van der Waals surface area contributed by atoms with E-state index in [0.29, 0.717) is 11.4 Å². The minimum Gasteiger partial charge on any atom is -0.733 e. The van der Waals surface area contributed by atoms with Crippen LogP contribution in [0.1, 0.15) is 39.2 Å². The Hall–Kier alpha value is -2.84. The molecule has 1 aromatic rings. The van der Waals surface area contributed by atoms with Crippen molar-refractivity contribution in [2.24, 2.45) is 5.92 Å². The second kappa shape index (κ2) is 8.90. The van der Waals surface area contributed by atoms with E-state index in [0.717, 1.165) is 0 Å². The molecule has 1 heterocycles. The number of carbonyl (C=O) groups is 2. The normalized spacial score (nSPS) is 16.8. The Bertz CT molecular complexity index is 826. The number of hydrogen-bond acceptors (Lipinski definition) is 8. The van der Waals surface area contributed by atoms with Gasteiger partial charge in [-0.05, 0) is 31.4 Å². The summed E-state index contributed by atoms with van der Waals surface area (Å²) in [6.07, 6.45) is 0. The first-order chi connectivity index (χ1) is 13.2. The molecule has 2 N–H and O–H groups in total. The van der Waals surface area contributed by atoms with Gasteiger partial charge in [0, 0.05) is 11.4 Å². The highest BCUT2D eigenvalue weighted by atomic mass is 16.8. The molecule has 0 radical (unpaired) electrons. The van der Waals surface area contributed by atoms with Crippen molar-refractivity contribution in [1.29, 1.82) is 0 Å². The van der Waals surface area contributed by atoms with Gasteiger partial charge in [-0.25, -0.2) is 9.59 Å². The number of ether oxygens (including phenoxy) is 2. The van der Waals surface area contributed by atoms with Gasteiger partial charge in [-0.1, -0.05) is 32.0 Å². The molecule has 1 aliphatic rings. The minimum atomic E-state index is -0.937. The van der Waals surface area contributed by atoms with Crippen LogP contribution in [0.5, 0.6) is 0 Å². The van der Waals surface area contributed by atoms with Gasteiger partial charge in [0.15, 0.2) is 0 Å². The average Bonchev–Trinajstić information content (AvgIpc) is 2.64. The van der Waals surface area contributed by atoms with E-state index in [9.17, 15) is 20.0 Å². The van der Waals surface area contributed by atoms with E-state index in [1.165, 1.54) is 13.2 Å². The van der Waals surface area contributed by atoms with Gasteiger partial charge in [-0.3, -0.25) is 5.21 Å². The highest BCUT2D eigenvalue weighted by Gasteiger charge is 2.39. The Morgan fingerprint density at radius 3 is 2.29 bits per heavy atom. The van der Waals surface area contributed by atoms with Crippen LogP contribution in [0, 0.1) is 11.1 Å². The standard InChI is InChI=1S/C20H25N2O6/c1-11(2)10-28-20(24)17-13(4)21-12(3)16(19(23)27-5)18(17)14-8-6-7-9-15(14)22(25)26/h6-9,11,18,21,25H,10H2,1-5H3/q-1/t18-/m1/s1. The summed E-state index contributed by atoms with van der Waals surface area (Å²) in [5.41, 5.74) is 1.54. The van der Waals surface area contributed by atoms with Crippen LogP contribution >= 0.6 is 0 Å². The van der Waals surface area contributed by atoms with Gasteiger partial charge in [-0.15, -0.1) is 0 Å². The fourth-order valence-electron chi connectivity index (χ4n) is 3.18. The highest BCUT2D eigenvalue weighted by molar-refractivity contribution is 6.00. The first kappa shape index (κ1) is 21.5. The Morgan fingerprint density at radius 1 is 1.18 bits per heavy atom. The Labute approximate surface area is 164 Å². The molecule has 0 fully saturated rings. The second-order valence-corrected chi connectivity index (χ2v) is 6.95. The SMILES string of the molecule is COC(=O)C1=C(C)NC(C)=C(C(=O)OCC(C)C)[C@@H]1c1ccccc1N([O-])O. The number of para-hydroxylation sites is 1. The van der Waals surface area contributed by atoms with Crippen LogP contribution < -0.4 is 10.5 Å². The van der Waals surface area contributed by atoms with Crippen molar-refractivity contribution in [2.45, 2.75) is 33.6 Å². The van der Waals surface area contributed by atoms with Crippen molar-refractivity contribution in [1.82, 2.24) is 5.32 Å². The molecule has 1 aromatic carbocycles. The second-order valence-electron chi connectivity index (χ2n) is 6.95. The number of anilines is 1. The first-order valence-corrected chi connectivity index (χ1v) is 8.88. The predicted molar refractivity (Wildman–Crippen MR) is 103 cm³/mol. The fraction of sp³-hybridized carbons (Fsp3) is 0.400. The maximum atomic E-state index is 12.9. The number of allylic oxidation sites excluding steroid dienone is 2. The van der Waals surface area contributed by atoms with Crippen molar-refractivity contribution >= 4 is 17.6 Å². The van der Waals surface area contributed by atoms with Crippen LogP contribution in [0.2, 0.25) is 0 Å². The van der Waals surface area contributed by atoms with Gasteiger partial charge in [0.05, 0.1) is 36.5 Å². The topological polar surface area (TPSA) is 111 Å². The Balaban J connectivity index is 2.67. The van der Waals surface area contributed by atoms with Crippen LogP contribution in [-0.2, 0) is 19.1 Å². The summed E-state index contributed by atoms with van der Waals surface area (Å²) in [7, 11) is 1.24. The molecule has 0 aliphatic carbocycles. The zero-order valence-corrected chi connectivity index (χ0v) is 16.6. The third kappa shape index (κ3) is 4.35. The first-order valence-electron chi connectivity index (χ1n) is 8.88. The molecule has 8 heteroatoms. The molecule has 0 saturated carbocycles. The zero-order valence-electron chi connectivity index (χ0n) is 16.6. The van der Waals surface area contributed by atoms with E-state index in [1.54, 1.807) is 32.0 Å². The lowest BCUT2D eigenvalue weighted by molar-refractivity contribution is -0.140. The molecule has 1 aliphatic heterocycles. The van der Waals surface area contributed by atoms with E-state index in [2.05, 4.69) is 5.32 Å². The van der Waals surface area contributed by atoms with E-state index in [1.807, 2.05) is 13.8 Å². The Kier molecular flexibility index (Phi) is 6.82. The zero-order chi connectivity index (χ0) is 21.0. The van der Waals surface area contributed by atoms with Crippen molar-refractivity contribution < 1.29 is 24.3 Å². The van der Waals surface area contributed by atoms with Crippen molar-refractivity contribution in [3.8, 4) is 0 Å². The number of methoxy groups -OCH3 is 1. The minimum absolute atomic E-state index is 0.0782. The molecule has 0 bridgehead atoms. The number of benzene rings is 1. The van der Waals surface area contributed by atoms with Crippen molar-refractivity contribution in [3.05, 3.63) is 57.6 Å². The number of nitrogens with one attached hydrogen (secondary N) is 1. The molecule has 8 nitrogen and oxygen atoms in total. The fourth-order valence-corrected chi connectivity index (χ4v) is 3.18. The number of rotatable bonds is 6. The van der Waals surface area contributed by atoms with Gasteiger partial charge in [0.25, 0.3) is 0 Å². The Morgan fingerprint density at radius 2 is 1.75 bits per heavy atom. The predicted octanol–water partition coefficient (Wildman–Crippen LogP) is 2.99. The largest absolute Gasteiger partial charge is 0.733 e. The number of dihydropyridines is 1. The monoisotopic (exact) mass is 389 g/mol. The third-order valence-corrected chi connectivity index (χ3v) is 4.39. The number of nitrogens with zero attached hydrogens (tertiary/aromatic N) is 1. The van der Waals surface area contributed by atoms with Gasteiger partial charge >= 0.3 is 11.9 Å². The lowest BCUT2D eigenvalue weighted by Crippen LogP contribution is -2.33. The van der Waals surface area contributed by atoms with Crippen molar-refractivity contribution in [2.75, 3.05) is 18.9 Å². The molecule has 152 valence electrons. The molecule has 0 unspecified atom stereocenters. The highest BCUT2D eigenvalue weighted by Crippen LogP contribution is 2.42. The molecule has 0 spiro atoms. The molecule has 0 amide bonds. The summed E-state index contributed by atoms with van der Waals surface area (Å²) < 4.78 is 10.3. The molecule has 2 rings (SSSR count). The summed E-state index contributed by atoms with van der Waals surface area (Å²) in [4.78, 5) is 25.4. The van der Waals surface area contributed by atoms with Crippen LogP contribution in [0.4, 0.5) is 5.69 Å². The quantitative estimate of drug-likeness (QED) is 0.564. The van der Waals surface area contributed by atoms with Gasteiger partial charge < -0.3 is 25.2 Å². The van der Waals surface area contributed by atoms with Gasteiger partial charge in [0.1, 0.15) is 0 Å². The third-order valence-electron chi connectivity index (χ3n) is 4.39. The maximum Gasteiger partial charge on any atom is 0.336 e. The molecule has 0 aromatic heterocycles. The summed E-state index contributed by atoms with van der Waals surface area (Å²) in [5, 5.41) is 24.0. The van der Waals surface area contributed by atoms with Crippen LogP contribution in [0.25, 0.3) is 0 Å². The lowest BCUT2D eigenvalue weighted by atomic mass is 9.79. The summed E-state index contributed by atoms with van der Waals surface area (Å²) in [6.45, 7) is 7.38. The van der Waals surface area contributed by atoms with Crippen molar-refractivity contribution in [3.63, 3.8) is 0 Å². The van der Waals surface area contributed by atoms with Crippen LogP contribution in [0.15, 0.2) is 46.8 Å². The van der Waals surface area contributed by atoms with Gasteiger partial charge in [-0.2, -0.15) is 0 Å². The lowest BCUT2D eigenvalue weighted by Gasteiger charge is -2.33. The van der Waals surface area contributed by atoms with E-state index in [-0.39, 0.29) is 40.1 Å². The summed E-state index contributed by atoms with van der Waals surface area (Å²) in [5.74, 6) is -2.07. The van der Waals surface area contributed by atoms with E-state index >= 15 is 0 Å². The van der Waals surface area contributed by atoms with Crippen LogP contribution in [0.3, 0.4) is 0 Å². The average molecular weight is 389 g/mol. The smallest absolute Gasteiger partial charge is 0.336 e. The van der Waals surface area contributed by atoms with E-state index < -0.39 is 17.9 Å². The van der Waals surface area contributed by atoms with Crippen LogP contribution in [-0.4, -0.2) is 30.9 Å². The number of hydrogen-bond donors (Lipinski definition) is 2. The van der Waals surface area contributed by atoms with Gasteiger partial charge in [0.2, 0.25) is 0 Å². The molecular weight excluding hydrogens is 364 g/mol.